The van der Waals surface area contributed by atoms with Crippen molar-refractivity contribution in [1.82, 2.24) is 0 Å². The molecule has 1 aromatic rings. The van der Waals surface area contributed by atoms with Crippen LogP contribution in [0.25, 0.3) is 0 Å². The summed E-state index contributed by atoms with van der Waals surface area (Å²) < 4.78 is 35.0. The number of non-ortho nitro benzene ring substituents is 1. The minimum Gasteiger partial charge on any atom is -0.491 e. The number of anilines is 1. The molecule has 0 unspecified atom stereocenters. The third-order valence-electron chi connectivity index (χ3n) is 2.35. The molecule has 0 saturated carbocycles. The third-order valence-corrected chi connectivity index (χ3v) is 3.15. The maximum absolute atomic E-state index is 10.7. The average molecular weight is 304 g/mol. The number of ether oxygens (including phenoxy) is 1. The summed E-state index contributed by atoms with van der Waals surface area (Å²) in [5, 5.41) is 13.6. The summed E-state index contributed by atoms with van der Waals surface area (Å²) in [4.78, 5) is 10.2. The third kappa shape index (κ3) is 5.41. The fourth-order valence-electron chi connectivity index (χ4n) is 1.51. The Bertz CT molecular complexity index is 572. The van der Waals surface area contributed by atoms with Crippen molar-refractivity contribution in [2.45, 2.75) is 13.3 Å². The van der Waals surface area contributed by atoms with Crippen molar-refractivity contribution in [2.24, 2.45) is 0 Å². The van der Waals surface area contributed by atoms with Crippen LogP contribution in [0.3, 0.4) is 0 Å². The van der Waals surface area contributed by atoms with E-state index in [1.165, 1.54) is 18.2 Å². The van der Waals surface area contributed by atoms with Crippen LogP contribution in [0.1, 0.15) is 13.3 Å². The molecule has 9 heteroatoms. The molecule has 1 rings (SSSR count). The van der Waals surface area contributed by atoms with Gasteiger partial charge in [-0.3, -0.25) is 14.7 Å². The van der Waals surface area contributed by atoms with Gasteiger partial charge in [0.1, 0.15) is 5.75 Å². The monoisotopic (exact) mass is 304 g/mol. The van der Waals surface area contributed by atoms with Crippen molar-refractivity contribution in [3.63, 3.8) is 0 Å². The van der Waals surface area contributed by atoms with E-state index in [1.54, 1.807) is 0 Å². The Kier molecular flexibility index (Phi) is 5.71. The first-order valence-corrected chi connectivity index (χ1v) is 7.54. The number of nitrogens with zero attached hydrogens (tertiary/aromatic N) is 1. The molecule has 2 N–H and O–H groups in total. The maximum atomic E-state index is 10.7. The zero-order valence-corrected chi connectivity index (χ0v) is 11.7. The number of nitro groups is 1. The standard InChI is InChI=1S/C11H16N2O6S/c1-2-12-10-8-9(13(14)15)4-5-11(10)19-6-3-7-20(16,17)18/h4-5,8,12H,2-3,6-7H2,1H3,(H,16,17,18). The summed E-state index contributed by atoms with van der Waals surface area (Å²) in [6.07, 6.45) is 0.126. The van der Waals surface area contributed by atoms with Crippen LogP contribution in [0.4, 0.5) is 11.4 Å². The summed E-state index contributed by atoms with van der Waals surface area (Å²) >= 11 is 0. The Labute approximate surface area is 116 Å². The fraction of sp³-hybridized carbons (Fsp3) is 0.455. The molecular weight excluding hydrogens is 288 g/mol. The molecule has 0 spiro atoms. The van der Waals surface area contributed by atoms with Crippen molar-refractivity contribution < 1.29 is 22.6 Å². The van der Waals surface area contributed by atoms with E-state index >= 15 is 0 Å². The van der Waals surface area contributed by atoms with Gasteiger partial charge in [-0.15, -0.1) is 0 Å². The molecule has 8 nitrogen and oxygen atoms in total. The SMILES string of the molecule is CCNc1cc([N+](=O)[O-])ccc1OCCCS(=O)(=O)O. The molecule has 0 aromatic heterocycles. The second-order valence-corrected chi connectivity index (χ2v) is 5.53. The number of nitrogens with one attached hydrogen (secondary N) is 1. The van der Waals surface area contributed by atoms with Crippen molar-refractivity contribution in [1.29, 1.82) is 0 Å². The lowest BCUT2D eigenvalue weighted by atomic mass is 10.2. The van der Waals surface area contributed by atoms with Crippen LogP contribution in [-0.2, 0) is 10.1 Å². The van der Waals surface area contributed by atoms with Crippen LogP contribution in [0.5, 0.6) is 5.75 Å². The van der Waals surface area contributed by atoms with Crippen LogP contribution in [0, 0.1) is 10.1 Å². The Hall–Kier alpha value is -1.87. The zero-order valence-electron chi connectivity index (χ0n) is 10.9. The molecule has 0 fully saturated rings. The summed E-state index contributed by atoms with van der Waals surface area (Å²) in [5.41, 5.74) is 0.403. The van der Waals surface area contributed by atoms with E-state index in [9.17, 15) is 18.5 Å². The van der Waals surface area contributed by atoms with E-state index in [2.05, 4.69) is 5.32 Å². The molecule has 0 radical (unpaired) electrons. The van der Waals surface area contributed by atoms with E-state index < -0.39 is 20.8 Å². The van der Waals surface area contributed by atoms with E-state index in [1.807, 2.05) is 6.92 Å². The van der Waals surface area contributed by atoms with Gasteiger partial charge >= 0.3 is 0 Å². The second-order valence-electron chi connectivity index (χ2n) is 3.96. The average Bonchev–Trinajstić information content (AvgIpc) is 2.35. The van der Waals surface area contributed by atoms with Gasteiger partial charge in [-0.25, -0.2) is 0 Å². The highest BCUT2D eigenvalue weighted by Crippen LogP contribution is 2.29. The summed E-state index contributed by atoms with van der Waals surface area (Å²) in [5.74, 6) is 0.00376. The number of hydrogen-bond acceptors (Lipinski definition) is 6. The van der Waals surface area contributed by atoms with Crippen LogP contribution < -0.4 is 10.1 Å². The van der Waals surface area contributed by atoms with Gasteiger partial charge in [-0.05, 0) is 19.4 Å². The van der Waals surface area contributed by atoms with Crippen molar-refractivity contribution in [3.8, 4) is 5.75 Å². The van der Waals surface area contributed by atoms with Crippen LogP contribution >= 0.6 is 0 Å². The lowest BCUT2D eigenvalue weighted by Gasteiger charge is -2.11. The quantitative estimate of drug-likeness (QED) is 0.324. The maximum Gasteiger partial charge on any atom is 0.271 e. The zero-order chi connectivity index (χ0) is 15.2. The van der Waals surface area contributed by atoms with Gasteiger partial charge in [-0.1, -0.05) is 0 Å². The Morgan fingerprint density at radius 2 is 2.15 bits per heavy atom. The molecule has 112 valence electrons. The molecule has 0 heterocycles. The van der Waals surface area contributed by atoms with Gasteiger partial charge in [0.25, 0.3) is 15.8 Å². The van der Waals surface area contributed by atoms with E-state index in [-0.39, 0.29) is 18.7 Å². The molecule has 20 heavy (non-hydrogen) atoms. The van der Waals surface area contributed by atoms with Crippen LogP contribution in [0.2, 0.25) is 0 Å². The minimum atomic E-state index is -4.00. The number of hydrogen-bond donors (Lipinski definition) is 2. The minimum absolute atomic E-state index is 0.0637. The van der Waals surface area contributed by atoms with Gasteiger partial charge in [0, 0.05) is 18.7 Å². The predicted octanol–water partition coefficient (Wildman–Crippen LogP) is 1.68. The Balaban J connectivity index is 2.71. The molecule has 0 bridgehead atoms. The smallest absolute Gasteiger partial charge is 0.271 e. The van der Waals surface area contributed by atoms with Crippen molar-refractivity contribution >= 4 is 21.5 Å². The highest BCUT2D eigenvalue weighted by molar-refractivity contribution is 7.85. The van der Waals surface area contributed by atoms with Crippen molar-refractivity contribution in [3.05, 3.63) is 28.3 Å². The fourth-order valence-corrected chi connectivity index (χ4v) is 1.99. The lowest BCUT2D eigenvalue weighted by Crippen LogP contribution is -2.09. The first-order valence-electron chi connectivity index (χ1n) is 5.93. The molecule has 0 aliphatic carbocycles. The highest BCUT2D eigenvalue weighted by atomic mass is 32.2. The number of rotatable bonds is 8. The molecule has 0 amide bonds. The topological polar surface area (TPSA) is 119 Å². The molecule has 0 aliphatic rings. The molecule has 0 atom stereocenters. The van der Waals surface area contributed by atoms with Gasteiger partial charge < -0.3 is 10.1 Å². The summed E-state index contributed by atoms with van der Waals surface area (Å²) in [6.45, 7) is 2.47. The van der Waals surface area contributed by atoms with E-state index in [4.69, 9.17) is 9.29 Å². The Morgan fingerprint density at radius 1 is 1.45 bits per heavy atom. The first-order chi connectivity index (χ1) is 9.33. The largest absolute Gasteiger partial charge is 0.491 e. The van der Waals surface area contributed by atoms with Gasteiger partial charge in [0.15, 0.2) is 0 Å². The molecule has 1 aromatic carbocycles. The Morgan fingerprint density at radius 3 is 2.70 bits per heavy atom. The highest BCUT2D eigenvalue weighted by Gasteiger charge is 2.11. The molecule has 0 saturated heterocycles. The molecular formula is C11H16N2O6S. The first kappa shape index (κ1) is 16.2. The van der Waals surface area contributed by atoms with Gasteiger partial charge in [0.05, 0.1) is 23.0 Å². The predicted molar refractivity (Wildman–Crippen MR) is 73.8 cm³/mol. The van der Waals surface area contributed by atoms with E-state index in [0.717, 1.165) is 0 Å². The van der Waals surface area contributed by atoms with Crippen molar-refractivity contribution in [2.75, 3.05) is 24.2 Å². The van der Waals surface area contributed by atoms with E-state index in [0.29, 0.717) is 18.0 Å². The van der Waals surface area contributed by atoms with Crippen LogP contribution in [0.15, 0.2) is 18.2 Å². The number of benzene rings is 1. The summed E-state index contributed by atoms with van der Waals surface area (Å²) in [6, 6.07) is 4.10. The number of nitro benzene ring substituents is 1. The normalized spacial score (nSPS) is 11.1. The lowest BCUT2D eigenvalue weighted by molar-refractivity contribution is -0.384. The molecule has 0 aliphatic heterocycles. The summed E-state index contributed by atoms with van der Waals surface area (Å²) in [7, 11) is -4.00. The van der Waals surface area contributed by atoms with Gasteiger partial charge in [-0.2, -0.15) is 8.42 Å². The van der Waals surface area contributed by atoms with Gasteiger partial charge in [0.2, 0.25) is 0 Å². The second kappa shape index (κ2) is 7.06. The van der Waals surface area contributed by atoms with Crippen LogP contribution in [-0.4, -0.2) is 36.8 Å².